The van der Waals surface area contributed by atoms with Gasteiger partial charge < -0.3 is 9.47 Å². The smallest absolute Gasteiger partial charge is 0.0708 e. The minimum atomic E-state index is -0.555. The number of aromatic nitrogens is 1. The second-order valence-corrected chi connectivity index (χ2v) is 21.6. The molecule has 11 aromatic rings. The Hall–Kier alpha value is -8.20. The van der Waals surface area contributed by atoms with Crippen LogP contribution < -0.4 is 4.90 Å². The van der Waals surface area contributed by atoms with Crippen LogP contribution in [0.5, 0.6) is 0 Å². The molecule has 0 amide bonds. The normalized spacial score (nSPS) is 21.0. The van der Waals surface area contributed by atoms with Crippen molar-refractivity contribution >= 4 is 38.9 Å². The molecule has 1 aromatic heterocycles. The first-order chi connectivity index (χ1) is 36.2. The van der Waals surface area contributed by atoms with Crippen LogP contribution in [0.15, 0.2) is 255 Å². The summed E-state index contributed by atoms with van der Waals surface area (Å²) in [5.74, 6) is 2.94. The number of nitrogens with zero attached hydrogens (tertiary/aromatic N) is 2. The van der Waals surface area contributed by atoms with Gasteiger partial charge in [0.1, 0.15) is 0 Å². The van der Waals surface area contributed by atoms with Crippen LogP contribution in [-0.4, -0.2) is 4.57 Å². The van der Waals surface area contributed by atoms with Gasteiger partial charge in [-0.3, -0.25) is 0 Å². The Labute approximate surface area is 428 Å². The molecule has 10 aromatic carbocycles. The summed E-state index contributed by atoms with van der Waals surface area (Å²) in [5.41, 5.74) is 19.8. The van der Waals surface area contributed by atoms with Crippen LogP contribution in [0.25, 0.3) is 49.7 Å². The third-order valence-electron chi connectivity index (χ3n) is 18.1. The molecule has 0 aliphatic heterocycles. The van der Waals surface area contributed by atoms with E-state index in [0.717, 1.165) is 34.6 Å². The van der Waals surface area contributed by atoms with E-state index in [1.54, 1.807) is 11.1 Å². The molecule has 1 heterocycles. The van der Waals surface area contributed by atoms with Crippen molar-refractivity contribution in [3.8, 4) is 27.9 Å². The number of benzene rings is 10. The van der Waals surface area contributed by atoms with Crippen molar-refractivity contribution in [2.75, 3.05) is 4.90 Å². The Balaban J connectivity index is 0.952. The van der Waals surface area contributed by atoms with E-state index in [-0.39, 0.29) is 5.41 Å². The minimum Gasteiger partial charge on any atom is -0.310 e. The van der Waals surface area contributed by atoms with E-state index in [2.05, 4.69) is 264 Å². The van der Waals surface area contributed by atoms with Crippen molar-refractivity contribution < 1.29 is 0 Å². The molecule has 0 saturated heterocycles. The van der Waals surface area contributed by atoms with Crippen LogP contribution in [0.1, 0.15) is 65.5 Å². The Morgan fingerprint density at radius 3 is 1.53 bits per heavy atom. The largest absolute Gasteiger partial charge is 0.310 e. The topological polar surface area (TPSA) is 8.17 Å². The number of anilines is 3. The van der Waals surface area contributed by atoms with Gasteiger partial charge in [-0.05, 0) is 160 Å². The molecule has 2 heteroatoms. The van der Waals surface area contributed by atoms with E-state index in [0.29, 0.717) is 11.8 Å². The van der Waals surface area contributed by atoms with E-state index >= 15 is 0 Å². The first-order valence-corrected chi connectivity index (χ1v) is 26.7. The van der Waals surface area contributed by atoms with E-state index in [1.807, 2.05) is 0 Å². The van der Waals surface area contributed by atoms with Gasteiger partial charge in [-0.2, -0.15) is 0 Å². The maximum Gasteiger partial charge on any atom is 0.0708 e. The number of hydrogen-bond acceptors (Lipinski definition) is 1. The summed E-state index contributed by atoms with van der Waals surface area (Å²) >= 11 is 0. The lowest BCUT2D eigenvalue weighted by Gasteiger charge is -2.65. The first kappa shape index (κ1) is 42.5. The number of rotatable bonds is 8. The highest BCUT2D eigenvalue weighted by Gasteiger charge is 2.63. The molecular weight excluding hydrogens is 881 g/mol. The summed E-state index contributed by atoms with van der Waals surface area (Å²) in [7, 11) is 0. The van der Waals surface area contributed by atoms with E-state index < -0.39 is 5.41 Å². The molecule has 5 aliphatic carbocycles. The monoisotopic (exact) mass is 936 g/mol. The summed E-state index contributed by atoms with van der Waals surface area (Å²) in [6, 6.07) is 96.3. The van der Waals surface area contributed by atoms with E-state index in [1.165, 1.54) is 98.4 Å². The molecule has 4 saturated carbocycles. The number of fused-ring (bicyclic) bond motifs is 5. The maximum absolute atomic E-state index is 2.64. The van der Waals surface area contributed by atoms with Crippen molar-refractivity contribution in [2.24, 2.45) is 23.7 Å². The van der Waals surface area contributed by atoms with Gasteiger partial charge in [-0.1, -0.05) is 200 Å². The van der Waals surface area contributed by atoms with Gasteiger partial charge in [-0.15, -0.1) is 0 Å². The fourth-order valence-corrected chi connectivity index (χ4v) is 15.6. The fourth-order valence-electron chi connectivity index (χ4n) is 15.6. The second kappa shape index (κ2) is 16.7. The van der Waals surface area contributed by atoms with Gasteiger partial charge in [0.25, 0.3) is 0 Å². The molecule has 1 spiro atoms. The molecule has 73 heavy (non-hydrogen) atoms. The molecule has 0 atom stereocenters. The third-order valence-corrected chi connectivity index (χ3v) is 18.1. The zero-order valence-corrected chi connectivity index (χ0v) is 41.0. The van der Waals surface area contributed by atoms with Gasteiger partial charge in [0.2, 0.25) is 0 Å². The Bertz CT molecular complexity index is 3750. The van der Waals surface area contributed by atoms with Crippen LogP contribution in [0.4, 0.5) is 17.1 Å². The minimum absolute atomic E-state index is 0.0485. The SMILES string of the molecule is c1ccc(-c2ccccc2N(c2ccc(-c3cccc(-n4c5ccccc5c5ccccc54)c3)cc2)c2ccc3c(c2)C(c2ccccc2)(c2ccccc2)c2ccccc2C32C3CC4CC(C3)CC2C4)cc1. The van der Waals surface area contributed by atoms with Gasteiger partial charge in [0.05, 0.1) is 22.1 Å². The molecule has 0 N–H and O–H groups in total. The zero-order valence-electron chi connectivity index (χ0n) is 41.0. The Morgan fingerprint density at radius 1 is 0.356 bits per heavy atom. The van der Waals surface area contributed by atoms with Gasteiger partial charge in [0, 0.05) is 38.8 Å². The molecule has 16 rings (SSSR count). The first-order valence-electron chi connectivity index (χ1n) is 26.7. The molecule has 4 bridgehead atoms. The molecule has 4 fully saturated rings. The summed E-state index contributed by atoms with van der Waals surface area (Å²) in [4.78, 5) is 2.55. The summed E-state index contributed by atoms with van der Waals surface area (Å²) in [5, 5.41) is 2.54. The highest BCUT2D eigenvalue weighted by molar-refractivity contribution is 6.09. The van der Waals surface area contributed by atoms with Crippen LogP contribution in [0, 0.1) is 23.7 Å². The molecule has 5 aliphatic rings. The fraction of sp³-hybridized carbons (Fsp3) is 0.155. The van der Waals surface area contributed by atoms with Gasteiger partial charge in [-0.25, -0.2) is 0 Å². The van der Waals surface area contributed by atoms with Crippen molar-refractivity contribution in [3.05, 3.63) is 288 Å². The lowest BCUT2D eigenvalue weighted by atomic mass is 9.38. The van der Waals surface area contributed by atoms with Crippen LogP contribution in [0.2, 0.25) is 0 Å². The van der Waals surface area contributed by atoms with Crippen molar-refractivity contribution in [3.63, 3.8) is 0 Å². The van der Waals surface area contributed by atoms with Crippen LogP contribution in [0.3, 0.4) is 0 Å². The van der Waals surface area contributed by atoms with Crippen molar-refractivity contribution in [2.45, 2.75) is 42.9 Å². The Kier molecular flexibility index (Phi) is 9.71. The lowest BCUT2D eigenvalue weighted by Crippen LogP contribution is -2.59. The summed E-state index contributed by atoms with van der Waals surface area (Å²) < 4.78 is 2.41. The second-order valence-electron chi connectivity index (χ2n) is 21.6. The molecule has 0 radical (unpaired) electrons. The van der Waals surface area contributed by atoms with E-state index in [9.17, 15) is 0 Å². The highest BCUT2D eigenvalue weighted by Crippen LogP contribution is 2.70. The standard InChI is InChI=1S/C71H56N2/c1-4-19-51(20-5-1)60-27-10-15-32-67(60)72(57-37-35-50(36-38-57)52-21-18-26-58(46-52)73-68-33-16-11-28-61(68)62-29-12-17-34-69(62)73)59-39-40-65-66(47-59)70(53-22-6-2-7-23-53,54-24-8-3-9-25-54)63-30-13-14-31-64(63)71(65)55-42-48-41-49(44-55)45-56(71)43-48/h1-40,46-49,55-56H,41-45H2. The predicted octanol–water partition coefficient (Wildman–Crippen LogP) is 18.0. The van der Waals surface area contributed by atoms with Crippen LogP contribution in [-0.2, 0) is 10.8 Å². The average molecular weight is 937 g/mol. The summed E-state index contributed by atoms with van der Waals surface area (Å²) in [6.07, 6.45) is 6.75. The lowest BCUT2D eigenvalue weighted by molar-refractivity contribution is -0.0440. The average Bonchev–Trinajstić information content (AvgIpc) is 3.80. The molecule has 350 valence electrons. The van der Waals surface area contributed by atoms with Gasteiger partial charge in [0.15, 0.2) is 0 Å². The maximum atomic E-state index is 2.64. The molecule has 0 unspecified atom stereocenters. The predicted molar refractivity (Wildman–Crippen MR) is 302 cm³/mol. The number of hydrogen-bond donors (Lipinski definition) is 0. The molecular formula is C71H56N2. The van der Waals surface area contributed by atoms with Crippen molar-refractivity contribution in [1.82, 2.24) is 4.57 Å². The van der Waals surface area contributed by atoms with Crippen LogP contribution >= 0.6 is 0 Å². The van der Waals surface area contributed by atoms with E-state index in [4.69, 9.17) is 0 Å². The highest BCUT2D eigenvalue weighted by atomic mass is 15.1. The Morgan fingerprint density at radius 2 is 0.877 bits per heavy atom. The third kappa shape index (κ3) is 6.29. The quantitative estimate of drug-likeness (QED) is 0.147. The summed E-state index contributed by atoms with van der Waals surface area (Å²) in [6.45, 7) is 0. The van der Waals surface area contributed by atoms with Gasteiger partial charge >= 0.3 is 0 Å². The van der Waals surface area contributed by atoms with Crippen molar-refractivity contribution in [1.29, 1.82) is 0 Å². The number of para-hydroxylation sites is 3. The zero-order chi connectivity index (χ0) is 48.1. The molecule has 2 nitrogen and oxygen atoms in total.